The first kappa shape index (κ1) is 14.7. The van der Waals surface area contributed by atoms with Gasteiger partial charge in [0.25, 0.3) is 0 Å². The molecule has 0 atom stereocenters. The van der Waals surface area contributed by atoms with Crippen LogP contribution in [0.5, 0.6) is 0 Å². The van der Waals surface area contributed by atoms with E-state index in [4.69, 9.17) is 0 Å². The van der Waals surface area contributed by atoms with E-state index in [1.807, 2.05) is 18.2 Å². The summed E-state index contributed by atoms with van der Waals surface area (Å²) in [4.78, 5) is 23.1. The third-order valence-corrected chi connectivity index (χ3v) is 4.37. The Balaban J connectivity index is 1.88. The Bertz CT molecular complexity index is 599. The van der Waals surface area contributed by atoms with Gasteiger partial charge in [0.2, 0.25) is 11.0 Å². The van der Waals surface area contributed by atoms with Crippen LogP contribution in [0.1, 0.15) is 23.7 Å². The second-order valence-corrected chi connectivity index (χ2v) is 6.05. The summed E-state index contributed by atoms with van der Waals surface area (Å²) in [6, 6.07) is 9.12. The number of carbonyl (C=O) groups is 2. The zero-order valence-electron chi connectivity index (χ0n) is 10.8. The van der Waals surface area contributed by atoms with Crippen molar-refractivity contribution in [1.82, 2.24) is 10.2 Å². The predicted octanol–water partition coefficient (Wildman–Crippen LogP) is 2.86. The molecular weight excluding hydrogens is 294 g/mol. The van der Waals surface area contributed by atoms with Crippen LogP contribution in [-0.4, -0.2) is 27.6 Å². The molecule has 1 N–H and O–H groups in total. The number of Topliss-reactive ketones (excluding diaryl/α,β-unsaturated/α-hetero) is 1. The highest BCUT2D eigenvalue weighted by Gasteiger charge is 2.10. The fourth-order valence-electron chi connectivity index (χ4n) is 1.36. The van der Waals surface area contributed by atoms with Crippen molar-refractivity contribution < 1.29 is 9.59 Å². The predicted molar refractivity (Wildman–Crippen MR) is 80.3 cm³/mol. The van der Waals surface area contributed by atoms with Gasteiger partial charge in [0, 0.05) is 12.0 Å². The van der Waals surface area contributed by atoms with Crippen molar-refractivity contribution in [2.45, 2.75) is 17.7 Å². The molecule has 0 radical (unpaired) electrons. The molecule has 2 rings (SSSR count). The van der Waals surface area contributed by atoms with Crippen LogP contribution < -0.4 is 5.32 Å². The number of carbonyl (C=O) groups excluding carboxylic acids is 2. The maximum absolute atomic E-state index is 11.9. The molecule has 0 aliphatic carbocycles. The minimum Gasteiger partial charge on any atom is -0.301 e. The van der Waals surface area contributed by atoms with E-state index in [9.17, 15) is 9.59 Å². The molecule has 0 saturated carbocycles. The highest BCUT2D eigenvalue weighted by atomic mass is 32.2. The molecule has 0 unspecified atom stereocenters. The van der Waals surface area contributed by atoms with Crippen LogP contribution in [0, 0.1) is 0 Å². The molecule has 5 nitrogen and oxygen atoms in total. The molecular formula is C13H13N3O2S2. The SMILES string of the molecule is CCC(=O)Nc1nnc(SCC(=O)c2ccccc2)s1. The van der Waals surface area contributed by atoms with Crippen molar-refractivity contribution in [3.8, 4) is 0 Å². The minimum atomic E-state index is -0.0990. The lowest BCUT2D eigenvalue weighted by molar-refractivity contribution is -0.115. The Labute approximate surface area is 124 Å². The normalized spacial score (nSPS) is 10.2. The highest BCUT2D eigenvalue weighted by molar-refractivity contribution is 8.01. The van der Waals surface area contributed by atoms with Crippen LogP contribution in [0.2, 0.25) is 0 Å². The van der Waals surface area contributed by atoms with E-state index in [1.54, 1.807) is 19.1 Å². The molecule has 1 aromatic heterocycles. The van der Waals surface area contributed by atoms with Gasteiger partial charge in [0.15, 0.2) is 10.1 Å². The summed E-state index contributed by atoms with van der Waals surface area (Å²) >= 11 is 2.59. The molecule has 0 aliphatic rings. The number of ketones is 1. The summed E-state index contributed by atoms with van der Waals surface area (Å²) in [5.41, 5.74) is 0.684. The van der Waals surface area contributed by atoms with Gasteiger partial charge in [0.1, 0.15) is 0 Å². The van der Waals surface area contributed by atoms with Crippen LogP contribution in [-0.2, 0) is 4.79 Å². The summed E-state index contributed by atoms with van der Waals surface area (Å²) < 4.78 is 0.667. The van der Waals surface area contributed by atoms with Crippen molar-refractivity contribution in [2.24, 2.45) is 0 Å². The number of hydrogen-bond donors (Lipinski definition) is 1. The maximum Gasteiger partial charge on any atom is 0.225 e. The number of aromatic nitrogens is 2. The van der Waals surface area contributed by atoms with Gasteiger partial charge in [-0.3, -0.25) is 9.59 Å². The zero-order valence-corrected chi connectivity index (χ0v) is 12.5. The lowest BCUT2D eigenvalue weighted by atomic mass is 10.2. The summed E-state index contributed by atoms with van der Waals surface area (Å²) in [5, 5.41) is 10.9. The Hall–Kier alpha value is -1.73. The molecule has 0 aliphatic heterocycles. The number of thioether (sulfide) groups is 1. The van der Waals surface area contributed by atoms with Gasteiger partial charge in [-0.1, -0.05) is 60.4 Å². The molecule has 0 spiro atoms. The van der Waals surface area contributed by atoms with Crippen molar-refractivity contribution in [3.05, 3.63) is 35.9 Å². The van der Waals surface area contributed by atoms with E-state index in [0.717, 1.165) is 0 Å². The van der Waals surface area contributed by atoms with Crippen LogP contribution in [0.3, 0.4) is 0 Å². The summed E-state index contributed by atoms with van der Waals surface area (Å²) in [5.74, 6) is 0.253. The van der Waals surface area contributed by atoms with Gasteiger partial charge >= 0.3 is 0 Å². The lowest BCUT2D eigenvalue weighted by Crippen LogP contribution is -2.08. The van der Waals surface area contributed by atoms with Gasteiger partial charge in [-0.05, 0) is 0 Å². The Morgan fingerprint density at radius 1 is 1.25 bits per heavy atom. The van der Waals surface area contributed by atoms with E-state index in [1.165, 1.54) is 23.1 Å². The van der Waals surface area contributed by atoms with Crippen molar-refractivity contribution in [3.63, 3.8) is 0 Å². The number of hydrogen-bond acceptors (Lipinski definition) is 6. The van der Waals surface area contributed by atoms with Gasteiger partial charge < -0.3 is 5.32 Å². The number of anilines is 1. The molecule has 20 heavy (non-hydrogen) atoms. The Kier molecular flexibility index (Phi) is 5.25. The second kappa shape index (κ2) is 7.16. The van der Waals surface area contributed by atoms with Crippen molar-refractivity contribution >= 4 is 39.9 Å². The lowest BCUT2D eigenvalue weighted by Gasteiger charge is -1.98. The van der Waals surface area contributed by atoms with Crippen LogP contribution in [0.25, 0.3) is 0 Å². The fourth-order valence-corrected chi connectivity index (χ4v) is 3.02. The number of benzene rings is 1. The standard InChI is InChI=1S/C13H13N3O2S2/c1-2-11(18)14-12-15-16-13(20-12)19-8-10(17)9-6-4-3-5-7-9/h3-7H,2,8H2,1H3,(H,14,15,18). The molecule has 1 amide bonds. The topological polar surface area (TPSA) is 72.0 Å². The quantitative estimate of drug-likeness (QED) is 0.505. The highest BCUT2D eigenvalue weighted by Crippen LogP contribution is 2.26. The number of nitrogens with zero attached hydrogens (tertiary/aromatic N) is 2. The van der Waals surface area contributed by atoms with E-state index in [2.05, 4.69) is 15.5 Å². The summed E-state index contributed by atoms with van der Waals surface area (Å²) in [7, 11) is 0. The van der Waals surface area contributed by atoms with Gasteiger partial charge in [0.05, 0.1) is 5.75 Å². The average molecular weight is 307 g/mol. The average Bonchev–Trinajstić information content (AvgIpc) is 2.93. The van der Waals surface area contributed by atoms with E-state index >= 15 is 0 Å². The fraction of sp³-hybridized carbons (Fsp3) is 0.231. The Morgan fingerprint density at radius 3 is 2.70 bits per heavy atom. The first-order chi connectivity index (χ1) is 9.69. The van der Waals surface area contributed by atoms with Crippen LogP contribution in [0.15, 0.2) is 34.7 Å². The van der Waals surface area contributed by atoms with Gasteiger partial charge in [-0.15, -0.1) is 10.2 Å². The third kappa shape index (κ3) is 4.14. The molecule has 7 heteroatoms. The smallest absolute Gasteiger partial charge is 0.225 e. The van der Waals surface area contributed by atoms with Crippen LogP contribution in [0.4, 0.5) is 5.13 Å². The van der Waals surface area contributed by atoms with Gasteiger partial charge in [-0.2, -0.15) is 0 Å². The Morgan fingerprint density at radius 2 is 2.00 bits per heavy atom. The zero-order chi connectivity index (χ0) is 14.4. The second-order valence-electron chi connectivity index (χ2n) is 3.85. The first-order valence-corrected chi connectivity index (χ1v) is 7.83. The van der Waals surface area contributed by atoms with Crippen molar-refractivity contribution in [2.75, 3.05) is 11.1 Å². The van der Waals surface area contributed by atoms with Crippen LogP contribution >= 0.6 is 23.1 Å². The molecule has 2 aromatic rings. The maximum atomic E-state index is 11.9. The summed E-state index contributed by atoms with van der Waals surface area (Å²) in [6.07, 6.45) is 0.397. The van der Waals surface area contributed by atoms with E-state index in [0.29, 0.717) is 27.2 Å². The first-order valence-electron chi connectivity index (χ1n) is 6.03. The minimum absolute atomic E-state index is 0.0462. The largest absolute Gasteiger partial charge is 0.301 e. The molecule has 1 aromatic carbocycles. The van der Waals surface area contributed by atoms with E-state index in [-0.39, 0.29) is 11.7 Å². The molecule has 0 bridgehead atoms. The molecule has 0 fully saturated rings. The molecule has 0 saturated heterocycles. The third-order valence-electron chi connectivity index (χ3n) is 2.40. The van der Waals surface area contributed by atoms with Gasteiger partial charge in [-0.25, -0.2) is 0 Å². The summed E-state index contributed by atoms with van der Waals surface area (Å²) in [6.45, 7) is 1.77. The number of rotatable bonds is 6. The molecule has 104 valence electrons. The number of amides is 1. The molecule has 1 heterocycles. The monoisotopic (exact) mass is 307 g/mol. The number of nitrogens with one attached hydrogen (secondary N) is 1. The van der Waals surface area contributed by atoms with Crippen molar-refractivity contribution in [1.29, 1.82) is 0 Å². The van der Waals surface area contributed by atoms with E-state index < -0.39 is 0 Å².